The van der Waals surface area contributed by atoms with Gasteiger partial charge in [0.05, 0.1) is 0 Å². The summed E-state index contributed by atoms with van der Waals surface area (Å²) in [5.41, 5.74) is 0.963. The van der Waals surface area contributed by atoms with Gasteiger partial charge >= 0.3 is 0 Å². The van der Waals surface area contributed by atoms with E-state index in [0.29, 0.717) is 16.3 Å². The molecule has 0 bridgehead atoms. The van der Waals surface area contributed by atoms with Crippen molar-refractivity contribution in [2.75, 3.05) is 11.4 Å². The van der Waals surface area contributed by atoms with E-state index in [9.17, 15) is 14.0 Å². The molecule has 0 fully saturated rings. The van der Waals surface area contributed by atoms with Crippen LogP contribution in [0.2, 0.25) is 5.02 Å². The summed E-state index contributed by atoms with van der Waals surface area (Å²) in [6, 6.07) is 12.8. The summed E-state index contributed by atoms with van der Waals surface area (Å²) in [6.45, 7) is 1.29. The number of nitrogens with one attached hydrogen (secondary N) is 1. The summed E-state index contributed by atoms with van der Waals surface area (Å²) in [6.07, 6.45) is 0. The molecule has 0 aliphatic rings. The number of carbonyl (C=O) groups excluding carboxylic acids is 2. The number of nitrogens with zero attached hydrogens (tertiary/aromatic N) is 1. The molecule has 0 saturated heterocycles. The molecular weight excluding hydrogens is 319 g/mol. The minimum absolute atomic E-state index is 0.0673. The third-order valence-corrected chi connectivity index (χ3v) is 3.51. The predicted molar refractivity (Wildman–Crippen MR) is 87.7 cm³/mol. The van der Waals surface area contributed by atoms with Crippen LogP contribution < -0.4 is 10.2 Å². The van der Waals surface area contributed by atoms with Gasteiger partial charge < -0.3 is 10.2 Å². The van der Waals surface area contributed by atoms with E-state index < -0.39 is 0 Å². The average Bonchev–Trinajstić information content (AvgIpc) is 2.52. The van der Waals surface area contributed by atoms with Crippen molar-refractivity contribution in [2.24, 2.45) is 0 Å². The highest BCUT2D eigenvalue weighted by Gasteiger charge is 2.15. The van der Waals surface area contributed by atoms with Crippen LogP contribution >= 0.6 is 11.6 Å². The van der Waals surface area contributed by atoms with Crippen LogP contribution in [0.3, 0.4) is 0 Å². The summed E-state index contributed by atoms with van der Waals surface area (Å²) >= 11 is 5.82. The first kappa shape index (κ1) is 17.0. The van der Waals surface area contributed by atoms with Gasteiger partial charge in [0.15, 0.2) is 0 Å². The number of hydrogen-bond acceptors (Lipinski definition) is 2. The number of halogens is 2. The third-order valence-electron chi connectivity index (χ3n) is 3.25. The highest BCUT2D eigenvalue weighted by atomic mass is 35.5. The highest BCUT2D eigenvalue weighted by Crippen LogP contribution is 2.18. The number of anilines is 1. The number of benzene rings is 2. The molecule has 2 amide bonds. The SMILES string of the molecule is CC(=O)N(CC(=O)NCc1ccccc1F)c1ccc(Cl)cc1. The van der Waals surface area contributed by atoms with Crippen molar-refractivity contribution < 1.29 is 14.0 Å². The number of hydrogen-bond donors (Lipinski definition) is 1. The van der Waals surface area contributed by atoms with Crippen molar-refractivity contribution in [1.82, 2.24) is 5.32 Å². The fraction of sp³-hybridized carbons (Fsp3) is 0.176. The van der Waals surface area contributed by atoms with Crippen molar-refractivity contribution in [3.63, 3.8) is 0 Å². The molecule has 2 rings (SSSR count). The zero-order valence-electron chi connectivity index (χ0n) is 12.6. The Bertz CT molecular complexity index is 704. The molecule has 0 unspecified atom stereocenters. The molecule has 0 radical (unpaired) electrons. The fourth-order valence-corrected chi connectivity index (χ4v) is 2.17. The molecule has 0 heterocycles. The molecule has 1 N–H and O–H groups in total. The maximum absolute atomic E-state index is 13.5. The van der Waals surface area contributed by atoms with Crippen LogP contribution in [0.4, 0.5) is 10.1 Å². The molecule has 120 valence electrons. The zero-order chi connectivity index (χ0) is 16.8. The van der Waals surface area contributed by atoms with Crippen LogP contribution in [-0.4, -0.2) is 18.4 Å². The van der Waals surface area contributed by atoms with E-state index in [1.165, 1.54) is 17.9 Å². The number of rotatable bonds is 5. The lowest BCUT2D eigenvalue weighted by molar-refractivity contribution is -0.123. The Kier molecular flexibility index (Phi) is 5.71. The van der Waals surface area contributed by atoms with Gasteiger partial charge in [-0.1, -0.05) is 29.8 Å². The number of carbonyl (C=O) groups is 2. The minimum Gasteiger partial charge on any atom is -0.350 e. The van der Waals surface area contributed by atoms with Gasteiger partial charge in [0.2, 0.25) is 11.8 Å². The quantitative estimate of drug-likeness (QED) is 0.913. The Hall–Kier alpha value is -2.40. The van der Waals surface area contributed by atoms with Crippen molar-refractivity contribution >= 4 is 29.1 Å². The van der Waals surface area contributed by atoms with E-state index in [2.05, 4.69) is 5.32 Å². The highest BCUT2D eigenvalue weighted by molar-refractivity contribution is 6.30. The molecule has 23 heavy (non-hydrogen) atoms. The lowest BCUT2D eigenvalue weighted by Gasteiger charge is -2.20. The van der Waals surface area contributed by atoms with Gasteiger partial charge in [-0.25, -0.2) is 4.39 Å². The molecule has 0 aliphatic carbocycles. The normalized spacial score (nSPS) is 10.2. The minimum atomic E-state index is -0.381. The van der Waals surface area contributed by atoms with Crippen LogP contribution in [0.5, 0.6) is 0 Å². The molecule has 0 aromatic heterocycles. The summed E-state index contributed by atoms with van der Waals surface area (Å²) in [4.78, 5) is 25.1. The maximum Gasteiger partial charge on any atom is 0.240 e. The largest absolute Gasteiger partial charge is 0.350 e. The van der Waals surface area contributed by atoms with Crippen molar-refractivity contribution in [1.29, 1.82) is 0 Å². The molecule has 0 spiro atoms. The van der Waals surface area contributed by atoms with Crippen LogP contribution in [0.15, 0.2) is 48.5 Å². The Morgan fingerprint density at radius 2 is 1.78 bits per heavy atom. The second-order valence-electron chi connectivity index (χ2n) is 4.95. The standard InChI is InChI=1S/C17H16ClFN2O2/c1-12(22)21(15-8-6-14(18)7-9-15)11-17(23)20-10-13-4-2-3-5-16(13)19/h2-9H,10-11H2,1H3,(H,20,23). The molecule has 4 nitrogen and oxygen atoms in total. The van der Waals surface area contributed by atoms with Crippen LogP contribution in [0, 0.1) is 5.82 Å². The molecule has 0 atom stereocenters. The summed E-state index contributed by atoms with van der Waals surface area (Å²) in [5.74, 6) is -1.03. The number of amides is 2. The Morgan fingerprint density at radius 3 is 2.39 bits per heavy atom. The fourth-order valence-electron chi connectivity index (χ4n) is 2.04. The van der Waals surface area contributed by atoms with Crippen LogP contribution in [0.1, 0.15) is 12.5 Å². The van der Waals surface area contributed by atoms with Crippen molar-refractivity contribution in [3.8, 4) is 0 Å². The van der Waals surface area contributed by atoms with Gasteiger partial charge in [0.1, 0.15) is 12.4 Å². The summed E-state index contributed by atoms with van der Waals surface area (Å²) < 4.78 is 13.5. The Balaban J connectivity index is 2.00. The molecule has 2 aromatic rings. The predicted octanol–water partition coefficient (Wildman–Crippen LogP) is 3.15. The van der Waals surface area contributed by atoms with E-state index >= 15 is 0 Å². The van der Waals surface area contributed by atoms with Gasteiger partial charge in [-0.3, -0.25) is 9.59 Å². The monoisotopic (exact) mass is 334 g/mol. The smallest absolute Gasteiger partial charge is 0.240 e. The van der Waals surface area contributed by atoms with Crippen LogP contribution in [0.25, 0.3) is 0 Å². The van der Waals surface area contributed by atoms with E-state index in [0.717, 1.165) is 0 Å². The summed E-state index contributed by atoms with van der Waals surface area (Å²) in [5, 5.41) is 3.15. The van der Waals surface area contributed by atoms with E-state index in [4.69, 9.17) is 11.6 Å². The first-order valence-electron chi connectivity index (χ1n) is 7.01. The van der Waals surface area contributed by atoms with E-state index in [-0.39, 0.29) is 30.7 Å². The molecule has 2 aromatic carbocycles. The third kappa shape index (κ3) is 4.79. The summed E-state index contributed by atoms with van der Waals surface area (Å²) in [7, 11) is 0. The first-order valence-corrected chi connectivity index (χ1v) is 7.39. The molecule has 0 saturated carbocycles. The van der Waals surface area contributed by atoms with E-state index in [1.807, 2.05) is 0 Å². The van der Waals surface area contributed by atoms with E-state index in [1.54, 1.807) is 42.5 Å². The first-order chi connectivity index (χ1) is 11.0. The second-order valence-corrected chi connectivity index (χ2v) is 5.39. The Labute approximate surface area is 138 Å². The zero-order valence-corrected chi connectivity index (χ0v) is 13.3. The van der Waals surface area contributed by atoms with Gasteiger partial charge in [-0.2, -0.15) is 0 Å². The second kappa shape index (κ2) is 7.74. The lowest BCUT2D eigenvalue weighted by atomic mass is 10.2. The molecule has 6 heteroatoms. The van der Waals surface area contributed by atoms with Gasteiger partial charge in [0.25, 0.3) is 0 Å². The average molecular weight is 335 g/mol. The van der Waals surface area contributed by atoms with Crippen LogP contribution in [-0.2, 0) is 16.1 Å². The topological polar surface area (TPSA) is 49.4 Å². The maximum atomic E-state index is 13.5. The van der Waals surface area contributed by atoms with Gasteiger partial charge in [-0.05, 0) is 30.3 Å². The van der Waals surface area contributed by atoms with Gasteiger partial charge in [0, 0.05) is 29.7 Å². The lowest BCUT2D eigenvalue weighted by Crippen LogP contribution is -2.39. The molecular formula is C17H16ClFN2O2. The van der Waals surface area contributed by atoms with Gasteiger partial charge in [-0.15, -0.1) is 0 Å². The Morgan fingerprint density at radius 1 is 1.13 bits per heavy atom. The van der Waals surface area contributed by atoms with Crippen molar-refractivity contribution in [2.45, 2.75) is 13.5 Å². The van der Waals surface area contributed by atoms with Crippen molar-refractivity contribution in [3.05, 3.63) is 64.9 Å². The molecule has 0 aliphatic heterocycles.